The molecule has 2 rings (SSSR count). The molecule has 0 spiro atoms. The number of ketones is 1. The first-order valence-corrected chi connectivity index (χ1v) is 7.35. The maximum atomic E-state index is 11.2. The topological polar surface area (TPSA) is 41.6 Å². The molecule has 0 radical (unpaired) electrons. The van der Waals surface area contributed by atoms with Crippen molar-refractivity contribution in [2.45, 2.75) is 26.3 Å². The van der Waals surface area contributed by atoms with Gasteiger partial charge in [0.1, 0.15) is 5.75 Å². The second-order valence-electron chi connectivity index (χ2n) is 5.35. The van der Waals surface area contributed by atoms with Crippen LogP contribution in [0.3, 0.4) is 0 Å². The van der Waals surface area contributed by atoms with Gasteiger partial charge in [-0.3, -0.25) is 9.69 Å². The lowest BCUT2D eigenvalue weighted by atomic mass is 10.1. The molecule has 0 aliphatic carbocycles. The molecule has 1 aromatic carbocycles. The highest BCUT2D eigenvalue weighted by molar-refractivity contribution is 5.94. The number of nitrogens with zero attached hydrogens (tertiary/aromatic N) is 1. The molecule has 1 aromatic rings. The predicted molar refractivity (Wildman–Crippen MR) is 80.5 cm³/mol. The van der Waals surface area contributed by atoms with Crippen LogP contribution in [0.15, 0.2) is 24.3 Å². The molecule has 110 valence electrons. The maximum Gasteiger partial charge on any atom is 0.159 e. The number of hydrogen-bond donors (Lipinski definition) is 1. The standard InChI is InChI=1S/C16H24N2O2/c1-13(18-10-8-17-9-11-18)7-12-20-16-5-3-15(4-6-16)14(2)19/h3-6,13,17H,7-12H2,1-2H3/t13-/m1/s1. The van der Waals surface area contributed by atoms with Crippen LogP contribution in [-0.4, -0.2) is 49.5 Å². The van der Waals surface area contributed by atoms with E-state index in [-0.39, 0.29) is 5.78 Å². The average Bonchev–Trinajstić information content (AvgIpc) is 2.48. The largest absolute Gasteiger partial charge is 0.494 e. The van der Waals surface area contributed by atoms with Gasteiger partial charge in [0, 0.05) is 37.8 Å². The van der Waals surface area contributed by atoms with E-state index in [1.165, 1.54) is 0 Å². The van der Waals surface area contributed by atoms with Crippen LogP contribution in [0.2, 0.25) is 0 Å². The summed E-state index contributed by atoms with van der Waals surface area (Å²) < 4.78 is 5.75. The number of piperazine rings is 1. The van der Waals surface area contributed by atoms with E-state index in [0.717, 1.165) is 43.9 Å². The van der Waals surface area contributed by atoms with Crippen molar-refractivity contribution in [3.63, 3.8) is 0 Å². The lowest BCUT2D eigenvalue weighted by molar-refractivity contribution is 0.101. The Labute approximate surface area is 121 Å². The predicted octanol–water partition coefficient (Wildman–Crippen LogP) is 1.95. The molecule has 1 N–H and O–H groups in total. The van der Waals surface area contributed by atoms with Crippen LogP contribution in [0, 0.1) is 0 Å². The Balaban J connectivity index is 1.73. The minimum absolute atomic E-state index is 0.0869. The van der Waals surface area contributed by atoms with Gasteiger partial charge in [0.15, 0.2) is 5.78 Å². The molecule has 1 aliphatic heterocycles. The van der Waals surface area contributed by atoms with Crippen molar-refractivity contribution in [1.82, 2.24) is 10.2 Å². The van der Waals surface area contributed by atoms with E-state index in [9.17, 15) is 4.79 Å². The van der Waals surface area contributed by atoms with Gasteiger partial charge in [0.2, 0.25) is 0 Å². The molecule has 1 aliphatic rings. The van der Waals surface area contributed by atoms with Crippen LogP contribution in [0.4, 0.5) is 0 Å². The van der Waals surface area contributed by atoms with Crippen molar-refractivity contribution >= 4 is 5.78 Å². The van der Waals surface area contributed by atoms with Gasteiger partial charge in [0.05, 0.1) is 6.61 Å². The Morgan fingerprint density at radius 3 is 2.55 bits per heavy atom. The fourth-order valence-electron chi connectivity index (χ4n) is 2.44. The van der Waals surface area contributed by atoms with E-state index in [1.807, 2.05) is 24.3 Å². The SMILES string of the molecule is CC(=O)c1ccc(OCC[C@@H](C)N2CCNCC2)cc1. The van der Waals surface area contributed by atoms with Crippen molar-refractivity contribution in [3.8, 4) is 5.75 Å². The highest BCUT2D eigenvalue weighted by atomic mass is 16.5. The molecular weight excluding hydrogens is 252 g/mol. The van der Waals surface area contributed by atoms with Crippen LogP contribution in [0.1, 0.15) is 30.6 Å². The van der Waals surface area contributed by atoms with Crippen LogP contribution >= 0.6 is 0 Å². The molecule has 0 saturated carbocycles. The number of ether oxygens (including phenoxy) is 1. The van der Waals surface area contributed by atoms with E-state index in [0.29, 0.717) is 12.6 Å². The molecule has 1 heterocycles. The molecule has 1 atom stereocenters. The number of Topliss-reactive ketones (excluding diaryl/α,β-unsaturated/α-hetero) is 1. The van der Waals surface area contributed by atoms with Gasteiger partial charge in [0.25, 0.3) is 0 Å². The van der Waals surface area contributed by atoms with Crippen LogP contribution < -0.4 is 10.1 Å². The summed E-state index contributed by atoms with van der Waals surface area (Å²) in [5.41, 5.74) is 0.728. The normalized spacial score (nSPS) is 17.7. The van der Waals surface area contributed by atoms with Crippen molar-refractivity contribution in [2.24, 2.45) is 0 Å². The number of rotatable bonds is 6. The Bertz CT molecular complexity index is 425. The minimum atomic E-state index is 0.0869. The molecule has 0 aromatic heterocycles. The van der Waals surface area contributed by atoms with Crippen LogP contribution in [-0.2, 0) is 0 Å². The number of hydrogen-bond acceptors (Lipinski definition) is 4. The third-order valence-electron chi connectivity index (χ3n) is 3.84. The van der Waals surface area contributed by atoms with E-state index >= 15 is 0 Å². The number of nitrogens with one attached hydrogen (secondary N) is 1. The first-order valence-electron chi connectivity index (χ1n) is 7.35. The van der Waals surface area contributed by atoms with Gasteiger partial charge in [-0.2, -0.15) is 0 Å². The lowest BCUT2D eigenvalue weighted by Crippen LogP contribution is -2.47. The lowest BCUT2D eigenvalue weighted by Gasteiger charge is -2.32. The summed E-state index contributed by atoms with van der Waals surface area (Å²) in [7, 11) is 0. The summed E-state index contributed by atoms with van der Waals surface area (Å²) in [6.07, 6.45) is 1.02. The molecule has 1 saturated heterocycles. The first-order chi connectivity index (χ1) is 9.66. The van der Waals surface area contributed by atoms with Gasteiger partial charge in [-0.1, -0.05) is 0 Å². The molecular formula is C16H24N2O2. The monoisotopic (exact) mass is 276 g/mol. The van der Waals surface area contributed by atoms with E-state index < -0.39 is 0 Å². The van der Waals surface area contributed by atoms with Crippen molar-refractivity contribution in [3.05, 3.63) is 29.8 Å². The van der Waals surface area contributed by atoms with Crippen LogP contribution in [0.25, 0.3) is 0 Å². The molecule has 20 heavy (non-hydrogen) atoms. The van der Waals surface area contributed by atoms with E-state index in [1.54, 1.807) is 6.92 Å². The molecule has 0 bridgehead atoms. The Morgan fingerprint density at radius 1 is 1.30 bits per heavy atom. The summed E-state index contributed by atoms with van der Waals surface area (Å²) in [5.74, 6) is 0.923. The Morgan fingerprint density at radius 2 is 1.95 bits per heavy atom. The van der Waals surface area contributed by atoms with Crippen molar-refractivity contribution in [2.75, 3.05) is 32.8 Å². The van der Waals surface area contributed by atoms with E-state index in [2.05, 4.69) is 17.1 Å². The second kappa shape index (κ2) is 7.41. The fraction of sp³-hybridized carbons (Fsp3) is 0.562. The first kappa shape index (κ1) is 15.0. The highest BCUT2D eigenvalue weighted by Crippen LogP contribution is 2.14. The quantitative estimate of drug-likeness (QED) is 0.806. The zero-order valence-corrected chi connectivity index (χ0v) is 12.4. The molecule has 1 fully saturated rings. The van der Waals surface area contributed by atoms with Gasteiger partial charge in [-0.25, -0.2) is 0 Å². The third-order valence-corrected chi connectivity index (χ3v) is 3.84. The average molecular weight is 276 g/mol. The van der Waals surface area contributed by atoms with Gasteiger partial charge < -0.3 is 10.1 Å². The number of carbonyl (C=O) groups is 1. The summed E-state index contributed by atoms with van der Waals surface area (Å²) in [6.45, 7) is 8.95. The van der Waals surface area contributed by atoms with Gasteiger partial charge in [-0.05, 0) is 44.5 Å². The molecule has 0 unspecified atom stereocenters. The summed E-state index contributed by atoms with van der Waals surface area (Å²) in [4.78, 5) is 13.7. The summed E-state index contributed by atoms with van der Waals surface area (Å²) in [5, 5.41) is 3.37. The number of carbonyl (C=O) groups excluding carboxylic acids is 1. The van der Waals surface area contributed by atoms with E-state index in [4.69, 9.17) is 4.74 Å². The smallest absolute Gasteiger partial charge is 0.159 e. The van der Waals surface area contributed by atoms with Crippen LogP contribution in [0.5, 0.6) is 5.75 Å². The second-order valence-corrected chi connectivity index (χ2v) is 5.35. The maximum absolute atomic E-state index is 11.2. The zero-order chi connectivity index (χ0) is 14.4. The van der Waals surface area contributed by atoms with Gasteiger partial charge >= 0.3 is 0 Å². The van der Waals surface area contributed by atoms with Crippen molar-refractivity contribution in [1.29, 1.82) is 0 Å². The fourth-order valence-corrected chi connectivity index (χ4v) is 2.44. The summed E-state index contributed by atoms with van der Waals surface area (Å²) in [6, 6.07) is 7.92. The Kier molecular flexibility index (Phi) is 5.56. The zero-order valence-electron chi connectivity index (χ0n) is 12.4. The molecule has 0 amide bonds. The molecule has 4 nitrogen and oxygen atoms in total. The highest BCUT2D eigenvalue weighted by Gasteiger charge is 2.15. The third kappa shape index (κ3) is 4.32. The Hall–Kier alpha value is -1.39. The number of benzene rings is 1. The molecule has 4 heteroatoms. The minimum Gasteiger partial charge on any atom is -0.494 e. The van der Waals surface area contributed by atoms with Gasteiger partial charge in [-0.15, -0.1) is 0 Å². The van der Waals surface area contributed by atoms with Crippen molar-refractivity contribution < 1.29 is 9.53 Å². The summed E-state index contributed by atoms with van der Waals surface area (Å²) >= 11 is 0.